The fraction of sp³-hybridized carbons (Fsp3) is 0.205. The summed E-state index contributed by atoms with van der Waals surface area (Å²) in [4.78, 5) is 19.2. The molecular weight excluding hydrogens is 617 g/mol. The lowest BCUT2D eigenvalue weighted by Crippen LogP contribution is -2.10. The molecule has 0 bridgehead atoms. The second kappa shape index (κ2) is 15.6. The number of nitrogens with zero attached hydrogens (tertiary/aromatic N) is 2. The van der Waals surface area contributed by atoms with E-state index in [-0.39, 0.29) is 0 Å². The highest BCUT2D eigenvalue weighted by molar-refractivity contribution is 5.82. The van der Waals surface area contributed by atoms with Crippen molar-refractivity contribution in [3.05, 3.63) is 172 Å². The number of fused-ring (bicyclic) bond motifs is 6. The van der Waals surface area contributed by atoms with E-state index in [1.54, 1.807) is 31.4 Å². The number of allylic oxidation sites excluding steroid dienone is 6. The van der Waals surface area contributed by atoms with Crippen LogP contribution in [0.4, 0.5) is 11.4 Å². The lowest BCUT2D eigenvalue weighted by molar-refractivity contribution is 0.112. The summed E-state index contributed by atoms with van der Waals surface area (Å²) >= 11 is 0. The lowest BCUT2D eigenvalue weighted by atomic mass is 9.88. The Bertz CT molecular complexity index is 2020. The SMILES string of the molecule is CC=NC1=CC2Cc3cc(N=Cc4ccc(C)cc4)ccc3C2C=C1.COc1ccc(C=O)cc1.NC1=CC2Cc3cc(N)ccc3C2C=C1. The molecule has 4 aliphatic carbocycles. The second-order valence-electron chi connectivity index (χ2n) is 13.1. The van der Waals surface area contributed by atoms with Gasteiger partial charge in [-0.15, -0.1) is 0 Å². The number of ether oxygens (including phenoxy) is 1. The number of aldehydes is 1. The number of hydrogen-bond donors (Lipinski definition) is 2. The van der Waals surface area contributed by atoms with Gasteiger partial charge in [-0.3, -0.25) is 14.8 Å². The van der Waals surface area contributed by atoms with Gasteiger partial charge in [0.1, 0.15) is 12.0 Å². The van der Waals surface area contributed by atoms with Crippen molar-refractivity contribution in [2.45, 2.75) is 38.5 Å². The van der Waals surface area contributed by atoms with Crippen molar-refractivity contribution in [1.82, 2.24) is 0 Å². The van der Waals surface area contributed by atoms with Gasteiger partial charge >= 0.3 is 0 Å². The fourth-order valence-corrected chi connectivity index (χ4v) is 7.06. The highest BCUT2D eigenvalue weighted by atomic mass is 16.5. The third-order valence-corrected chi connectivity index (χ3v) is 9.58. The Morgan fingerprint density at radius 1 is 0.740 bits per heavy atom. The number of rotatable bonds is 5. The van der Waals surface area contributed by atoms with Crippen molar-refractivity contribution >= 4 is 30.1 Å². The number of nitrogen functional groups attached to an aromatic ring is 1. The first kappa shape index (κ1) is 34.1. The molecule has 6 nitrogen and oxygen atoms in total. The number of aliphatic imine (C=N–C) groups is 2. The topological polar surface area (TPSA) is 103 Å². The van der Waals surface area contributed by atoms with Crippen LogP contribution >= 0.6 is 0 Å². The molecule has 4 aromatic carbocycles. The van der Waals surface area contributed by atoms with Gasteiger partial charge in [-0.25, -0.2) is 0 Å². The van der Waals surface area contributed by atoms with E-state index in [4.69, 9.17) is 16.2 Å². The molecular formula is C44H44N4O2. The summed E-state index contributed by atoms with van der Waals surface area (Å²) in [5.41, 5.74) is 24.1. The molecule has 0 amide bonds. The number of methoxy groups -OCH3 is 1. The second-order valence-corrected chi connectivity index (χ2v) is 13.1. The quantitative estimate of drug-likeness (QED) is 0.127. The number of aryl methyl sites for hydroxylation is 1. The molecule has 0 spiro atoms. The maximum absolute atomic E-state index is 10.2. The maximum Gasteiger partial charge on any atom is 0.150 e. The van der Waals surface area contributed by atoms with E-state index >= 15 is 0 Å². The van der Waals surface area contributed by atoms with Crippen molar-refractivity contribution < 1.29 is 9.53 Å². The molecule has 0 heterocycles. The van der Waals surface area contributed by atoms with Crippen LogP contribution in [0.1, 0.15) is 62.5 Å². The van der Waals surface area contributed by atoms with Crippen molar-refractivity contribution in [3.63, 3.8) is 0 Å². The average molecular weight is 661 g/mol. The number of carbonyl (C=O) groups excluding carboxylic acids is 1. The van der Waals surface area contributed by atoms with Crippen LogP contribution in [0, 0.1) is 18.8 Å². The normalized spacial score (nSPS) is 20.7. The first-order valence-corrected chi connectivity index (χ1v) is 17.1. The summed E-state index contributed by atoms with van der Waals surface area (Å²) in [7, 11) is 1.59. The molecule has 0 aromatic heterocycles. The minimum atomic E-state index is 0.487. The Hall–Kier alpha value is -5.75. The minimum Gasteiger partial charge on any atom is -0.497 e. The van der Waals surface area contributed by atoms with Crippen LogP contribution in [-0.2, 0) is 12.8 Å². The fourth-order valence-electron chi connectivity index (χ4n) is 7.06. The summed E-state index contributed by atoms with van der Waals surface area (Å²) in [6, 6.07) is 28.2. The molecule has 4 aliphatic rings. The van der Waals surface area contributed by atoms with Crippen molar-refractivity contribution in [3.8, 4) is 5.75 Å². The number of benzene rings is 4. The third-order valence-electron chi connectivity index (χ3n) is 9.58. The van der Waals surface area contributed by atoms with Gasteiger partial charge in [-0.1, -0.05) is 66.3 Å². The van der Waals surface area contributed by atoms with E-state index in [2.05, 4.69) is 102 Å². The summed E-state index contributed by atoms with van der Waals surface area (Å²) in [6.45, 7) is 4.06. The zero-order valence-electron chi connectivity index (χ0n) is 28.9. The Labute approximate surface area is 295 Å². The predicted octanol–water partition coefficient (Wildman–Crippen LogP) is 8.99. The first-order valence-electron chi connectivity index (χ1n) is 17.1. The van der Waals surface area contributed by atoms with Gasteiger partial charge in [0.15, 0.2) is 0 Å². The Kier molecular flexibility index (Phi) is 10.7. The maximum atomic E-state index is 10.2. The van der Waals surface area contributed by atoms with Gasteiger partial charge < -0.3 is 16.2 Å². The van der Waals surface area contributed by atoms with E-state index in [9.17, 15) is 4.79 Å². The minimum absolute atomic E-state index is 0.487. The monoisotopic (exact) mass is 660 g/mol. The van der Waals surface area contributed by atoms with Crippen molar-refractivity contribution in [2.24, 2.45) is 27.6 Å². The number of nitrogens with two attached hydrogens (primary N) is 2. The molecule has 0 fully saturated rings. The molecule has 0 aliphatic heterocycles. The van der Waals surface area contributed by atoms with Gasteiger partial charge in [-0.2, -0.15) is 0 Å². The highest BCUT2D eigenvalue weighted by Crippen LogP contribution is 2.44. The van der Waals surface area contributed by atoms with Gasteiger partial charge in [-0.05, 0) is 127 Å². The van der Waals surface area contributed by atoms with Crippen LogP contribution in [0.3, 0.4) is 0 Å². The number of hydrogen-bond acceptors (Lipinski definition) is 6. The van der Waals surface area contributed by atoms with Crippen LogP contribution in [-0.4, -0.2) is 25.8 Å². The molecule has 50 heavy (non-hydrogen) atoms. The van der Waals surface area contributed by atoms with E-state index in [0.29, 0.717) is 29.2 Å². The molecule has 6 heteroatoms. The van der Waals surface area contributed by atoms with Crippen LogP contribution in [0.25, 0.3) is 0 Å². The van der Waals surface area contributed by atoms with Crippen LogP contribution < -0.4 is 16.2 Å². The molecule has 4 atom stereocenters. The van der Waals surface area contributed by atoms with Gasteiger partial charge in [0.05, 0.1) is 18.5 Å². The zero-order chi connectivity index (χ0) is 35.0. The summed E-state index contributed by atoms with van der Waals surface area (Å²) in [6.07, 6.45) is 19.9. The van der Waals surface area contributed by atoms with E-state index in [1.165, 1.54) is 27.8 Å². The number of anilines is 1. The molecule has 0 saturated carbocycles. The van der Waals surface area contributed by atoms with E-state index in [1.807, 2.05) is 31.5 Å². The van der Waals surface area contributed by atoms with Crippen LogP contribution in [0.2, 0.25) is 0 Å². The molecule has 0 saturated heterocycles. The molecule has 8 rings (SSSR count). The van der Waals surface area contributed by atoms with Crippen molar-refractivity contribution in [1.29, 1.82) is 0 Å². The number of carbonyl (C=O) groups is 1. The molecule has 252 valence electrons. The third kappa shape index (κ3) is 8.09. The van der Waals surface area contributed by atoms with Gasteiger partial charge in [0.25, 0.3) is 0 Å². The summed E-state index contributed by atoms with van der Waals surface area (Å²) < 4.78 is 4.90. The molecule has 4 aromatic rings. The summed E-state index contributed by atoms with van der Waals surface area (Å²) in [5, 5.41) is 0. The van der Waals surface area contributed by atoms with Gasteiger partial charge in [0, 0.05) is 41.2 Å². The largest absolute Gasteiger partial charge is 0.497 e. The van der Waals surface area contributed by atoms with E-state index in [0.717, 1.165) is 53.2 Å². The first-order chi connectivity index (χ1) is 24.3. The van der Waals surface area contributed by atoms with Crippen molar-refractivity contribution in [2.75, 3.05) is 12.8 Å². The lowest BCUT2D eigenvalue weighted by Gasteiger charge is -2.17. The van der Waals surface area contributed by atoms with Crippen LogP contribution in [0.5, 0.6) is 5.75 Å². The molecule has 4 unspecified atom stereocenters. The predicted molar refractivity (Wildman–Crippen MR) is 207 cm³/mol. The summed E-state index contributed by atoms with van der Waals surface area (Å²) in [5.74, 6) is 2.82. The Morgan fingerprint density at radius 2 is 1.38 bits per heavy atom. The van der Waals surface area contributed by atoms with Crippen LogP contribution in [0.15, 0.2) is 143 Å². The molecule has 4 N–H and O–H groups in total. The Balaban J connectivity index is 0.000000146. The molecule has 0 radical (unpaired) electrons. The smallest absolute Gasteiger partial charge is 0.150 e. The van der Waals surface area contributed by atoms with E-state index < -0.39 is 0 Å². The highest BCUT2D eigenvalue weighted by Gasteiger charge is 2.32. The Morgan fingerprint density at radius 3 is 2.06 bits per heavy atom. The average Bonchev–Trinajstić information content (AvgIpc) is 3.68. The standard InChI is InChI=1S/C23H22N2.C13H14N2.C8H8O2/c1-3-24-20-8-10-22-18(13-20)12-19-14-21(9-11-23(19)22)25-15-17-6-4-16(2)5-7-17;14-10-1-3-12-8(6-10)5-9-7-11(15)2-4-13(9)12;1-10-8-4-2-7(6-9)3-5-8/h3-11,13-15,18,22H,12H2,1-2H3;1-4,6-8,12H,5,14-15H2;2-6H,1H3. The zero-order valence-corrected chi connectivity index (χ0v) is 28.9. The van der Waals surface area contributed by atoms with Gasteiger partial charge in [0.2, 0.25) is 0 Å².